The number of rotatable bonds is 2. The highest BCUT2D eigenvalue weighted by molar-refractivity contribution is 5.92. The molecule has 0 aliphatic carbocycles. The Hall–Kier alpha value is -1.46. The Bertz CT molecular complexity index is 235. The summed E-state index contributed by atoms with van der Waals surface area (Å²) in [6.45, 7) is 1.19. The van der Waals surface area contributed by atoms with E-state index in [4.69, 9.17) is 17.2 Å². The zero-order valence-electron chi connectivity index (χ0n) is 7.31. The molecule has 0 aliphatic rings. The fourth-order valence-corrected chi connectivity index (χ4v) is 0.509. The van der Waals surface area contributed by atoms with Crippen LogP contribution in [-0.2, 0) is 0 Å². The van der Waals surface area contributed by atoms with Crippen LogP contribution in [-0.4, -0.2) is 24.0 Å². The monoisotopic (exact) mass is 182 g/mol. The Balaban J connectivity index is 0.000000310. The number of amides is 1. The van der Waals surface area contributed by atoms with Crippen LogP contribution in [0.5, 0.6) is 0 Å². The molecule has 0 radical (unpaired) electrons. The molecule has 5 nitrogen and oxygen atoms in total. The van der Waals surface area contributed by atoms with Gasteiger partial charge in [0.15, 0.2) is 0 Å². The van der Waals surface area contributed by atoms with Crippen molar-refractivity contribution in [3.8, 4) is 0 Å². The summed E-state index contributed by atoms with van der Waals surface area (Å²) in [6.07, 6.45) is 3.02. The minimum Gasteiger partial charge on any atom is -0.366 e. The van der Waals surface area contributed by atoms with Gasteiger partial charge in [0, 0.05) is 25.5 Å². The summed E-state index contributed by atoms with van der Waals surface area (Å²) in [7, 11) is 0. The summed E-state index contributed by atoms with van der Waals surface area (Å²) in [5.74, 6) is -0.442. The Morgan fingerprint density at radius 3 is 2.23 bits per heavy atom. The van der Waals surface area contributed by atoms with E-state index < -0.39 is 5.91 Å². The number of hydrogen-bond acceptors (Lipinski definition) is 4. The maximum absolute atomic E-state index is 10.4. The summed E-state index contributed by atoms with van der Waals surface area (Å²) < 4.78 is 0. The molecule has 0 aliphatic heterocycles. The first-order valence-corrected chi connectivity index (χ1v) is 3.82. The molecular formula is C8H14N4O. The molecule has 0 saturated carbocycles. The van der Waals surface area contributed by atoms with Gasteiger partial charge >= 0.3 is 0 Å². The molecule has 1 amide bonds. The minimum atomic E-state index is -0.442. The van der Waals surface area contributed by atoms with Crippen LogP contribution < -0.4 is 17.2 Å². The third kappa shape index (κ3) is 5.77. The number of aromatic nitrogens is 1. The topological polar surface area (TPSA) is 108 Å². The standard InChI is InChI=1S/C6H6N2O.C2H8N2/c7-6(9)5-2-1-3-8-4-5;3-1-2-4/h1-4H,(H2,7,9);1-4H2. The van der Waals surface area contributed by atoms with E-state index in [1.807, 2.05) is 0 Å². The molecule has 0 unspecified atom stereocenters. The highest BCUT2D eigenvalue weighted by Gasteiger charge is 1.94. The van der Waals surface area contributed by atoms with Crippen molar-refractivity contribution < 1.29 is 4.79 Å². The van der Waals surface area contributed by atoms with Gasteiger partial charge in [0.25, 0.3) is 0 Å². The molecule has 0 spiro atoms. The van der Waals surface area contributed by atoms with Crippen LogP contribution in [0.1, 0.15) is 10.4 Å². The highest BCUT2D eigenvalue weighted by atomic mass is 16.1. The number of nitrogens with zero attached hydrogens (tertiary/aromatic N) is 1. The molecule has 72 valence electrons. The van der Waals surface area contributed by atoms with E-state index in [-0.39, 0.29) is 0 Å². The van der Waals surface area contributed by atoms with Gasteiger partial charge in [-0.15, -0.1) is 0 Å². The van der Waals surface area contributed by atoms with E-state index in [2.05, 4.69) is 4.98 Å². The van der Waals surface area contributed by atoms with Crippen LogP contribution in [0.4, 0.5) is 0 Å². The Labute approximate surface area is 76.9 Å². The van der Waals surface area contributed by atoms with Crippen molar-refractivity contribution in [1.82, 2.24) is 4.98 Å². The van der Waals surface area contributed by atoms with E-state index >= 15 is 0 Å². The lowest BCUT2D eigenvalue weighted by Crippen LogP contribution is -2.11. The van der Waals surface area contributed by atoms with Gasteiger partial charge in [-0.2, -0.15) is 0 Å². The van der Waals surface area contributed by atoms with Crippen molar-refractivity contribution >= 4 is 5.91 Å². The Morgan fingerprint density at radius 1 is 1.38 bits per heavy atom. The van der Waals surface area contributed by atoms with E-state index in [1.54, 1.807) is 18.3 Å². The number of primary amides is 1. The van der Waals surface area contributed by atoms with Gasteiger partial charge in [-0.1, -0.05) is 0 Å². The van der Waals surface area contributed by atoms with E-state index in [0.717, 1.165) is 0 Å². The summed E-state index contributed by atoms with van der Waals surface area (Å²) in [5.41, 5.74) is 15.2. The van der Waals surface area contributed by atoms with Crippen LogP contribution in [0.15, 0.2) is 24.5 Å². The quantitative estimate of drug-likeness (QED) is 0.549. The lowest BCUT2D eigenvalue weighted by Gasteiger charge is -1.88. The molecule has 6 N–H and O–H groups in total. The maximum atomic E-state index is 10.4. The van der Waals surface area contributed by atoms with Crippen molar-refractivity contribution in [3.05, 3.63) is 30.1 Å². The first kappa shape index (κ1) is 11.5. The van der Waals surface area contributed by atoms with Gasteiger partial charge in [-0.3, -0.25) is 9.78 Å². The van der Waals surface area contributed by atoms with Crippen molar-refractivity contribution in [1.29, 1.82) is 0 Å². The molecule has 1 aromatic rings. The molecule has 5 heteroatoms. The fraction of sp³-hybridized carbons (Fsp3) is 0.250. The van der Waals surface area contributed by atoms with E-state index in [1.165, 1.54) is 6.20 Å². The normalized spacial score (nSPS) is 8.46. The number of pyridine rings is 1. The minimum absolute atomic E-state index is 0.442. The molecule has 1 heterocycles. The first-order valence-electron chi connectivity index (χ1n) is 3.82. The third-order valence-electron chi connectivity index (χ3n) is 1.11. The predicted molar refractivity (Wildman–Crippen MR) is 50.9 cm³/mol. The third-order valence-corrected chi connectivity index (χ3v) is 1.11. The van der Waals surface area contributed by atoms with Crippen LogP contribution in [0.25, 0.3) is 0 Å². The zero-order chi connectivity index (χ0) is 10.1. The van der Waals surface area contributed by atoms with Gasteiger partial charge in [0.05, 0.1) is 5.56 Å². The number of hydrogen-bond donors (Lipinski definition) is 3. The lowest BCUT2D eigenvalue weighted by atomic mass is 10.3. The van der Waals surface area contributed by atoms with Crippen molar-refractivity contribution in [3.63, 3.8) is 0 Å². The molecule has 0 aromatic carbocycles. The van der Waals surface area contributed by atoms with Crippen LogP contribution in [0.2, 0.25) is 0 Å². The second-order valence-corrected chi connectivity index (χ2v) is 2.18. The lowest BCUT2D eigenvalue weighted by molar-refractivity contribution is 0.1000. The average molecular weight is 182 g/mol. The second-order valence-electron chi connectivity index (χ2n) is 2.18. The Kier molecular flexibility index (Phi) is 6.39. The molecule has 0 bridgehead atoms. The molecule has 1 rings (SSSR count). The van der Waals surface area contributed by atoms with E-state index in [9.17, 15) is 4.79 Å². The van der Waals surface area contributed by atoms with Crippen LogP contribution >= 0.6 is 0 Å². The smallest absolute Gasteiger partial charge is 0.250 e. The summed E-state index contributed by atoms with van der Waals surface area (Å²) in [5, 5.41) is 0. The molecular weight excluding hydrogens is 168 g/mol. The van der Waals surface area contributed by atoms with Gasteiger partial charge in [-0.25, -0.2) is 0 Å². The van der Waals surface area contributed by atoms with Gasteiger partial charge < -0.3 is 17.2 Å². The number of carbonyl (C=O) groups is 1. The van der Waals surface area contributed by atoms with Crippen LogP contribution in [0, 0.1) is 0 Å². The predicted octanol–water partition coefficient (Wildman–Crippen LogP) is -0.916. The average Bonchev–Trinajstić information content (AvgIpc) is 2.19. The number of nitrogens with two attached hydrogens (primary N) is 3. The molecule has 0 fully saturated rings. The summed E-state index contributed by atoms with van der Waals surface area (Å²) in [4.78, 5) is 14.1. The fourth-order valence-electron chi connectivity index (χ4n) is 0.509. The van der Waals surface area contributed by atoms with Crippen LogP contribution in [0.3, 0.4) is 0 Å². The first-order chi connectivity index (χ1) is 6.22. The largest absolute Gasteiger partial charge is 0.366 e. The van der Waals surface area contributed by atoms with Crippen molar-refractivity contribution in [2.75, 3.05) is 13.1 Å². The SMILES string of the molecule is NC(=O)c1cccnc1.NCCN. The second kappa shape index (κ2) is 7.20. The van der Waals surface area contributed by atoms with E-state index in [0.29, 0.717) is 18.7 Å². The number of carbonyl (C=O) groups excluding carboxylic acids is 1. The van der Waals surface area contributed by atoms with Crippen molar-refractivity contribution in [2.45, 2.75) is 0 Å². The summed E-state index contributed by atoms with van der Waals surface area (Å²) >= 11 is 0. The maximum Gasteiger partial charge on any atom is 0.250 e. The van der Waals surface area contributed by atoms with Gasteiger partial charge in [-0.05, 0) is 12.1 Å². The van der Waals surface area contributed by atoms with Gasteiger partial charge in [0.2, 0.25) is 5.91 Å². The highest BCUT2D eigenvalue weighted by Crippen LogP contribution is 1.91. The molecule has 0 saturated heterocycles. The summed E-state index contributed by atoms with van der Waals surface area (Å²) in [6, 6.07) is 3.29. The molecule has 1 aromatic heterocycles. The molecule has 13 heavy (non-hydrogen) atoms. The zero-order valence-corrected chi connectivity index (χ0v) is 7.31. The Morgan fingerprint density at radius 2 is 2.00 bits per heavy atom. The molecule has 0 atom stereocenters. The van der Waals surface area contributed by atoms with Gasteiger partial charge in [0.1, 0.15) is 0 Å². The van der Waals surface area contributed by atoms with Crippen molar-refractivity contribution in [2.24, 2.45) is 17.2 Å².